The summed E-state index contributed by atoms with van der Waals surface area (Å²) < 4.78 is 5.38. The van der Waals surface area contributed by atoms with E-state index in [1.165, 1.54) is 19.3 Å². The van der Waals surface area contributed by atoms with E-state index in [1.807, 2.05) is 25.1 Å². The lowest BCUT2D eigenvalue weighted by Gasteiger charge is -2.23. The molecule has 0 atom stereocenters. The highest BCUT2D eigenvalue weighted by Gasteiger charge is 2.23. The molecule has 0 heterocycles. The summed E-state index contributed by atoms with van der Waals surface area (Å²) in [5.74, 6) is 1.15. The Labute approximate surface area is 108 Å². The fourth-order valence-electron chi connectivity index (χ4n) is 2.75. The number of ether oxygens (including phenoxy) is 1. The maximum atomic E-state index is 9.37. The third-order valence-electron chi connectivity index (χ3n) is 3.73. The molecule has 1 fully saturated rings. The average Bonchev–Trinajstić information content (AvgIpc) is 2.41. The predicted octanol–water partition coefficient (Wildman–Crippen LogP) is 3.76. The van der Waals surface area contributed by atoms with Crippen LogP contribution in [0.2, 0.25) is 0 Å². The van der Waals surface area contributed by atoms with Gasteiger partial charge in [0.05, 0.1) is 12.8 Å². The molecule has 0 amide bonds. The Kier molecular flexibility index (Phi) is 4.24. The van der Waals surface area contributed by atoms with Crippen LogP contribution in [-0.4, -0.2) is 18.0 Å². The van der Waals surface area contributed by atoms with Crippen molar-refractivity contribution in [3.63, 3.8) is 0 Å². The monoisotopic (exact) mass is 247 g/mol. The molecule has 1 aromatic carbocycles. The number of hydrogen-bond donors (Lipinski definition) is 1. The molecule has 0 aromatic heterocycles. The molecule has 0 unspecified atom stereocenters. The lowest BCUT2D eigenvalue weighted by Crippen LogP contribution is -2.19. The second-order valence-electron chi connectivity index (χ2n) is 5.02. The molecule has 1 aromatic rings. The van der Waals surface area contributed by atoms with E-state index in [4.69, 9.17) is 4.74 Å². The molecule has 1 N–H and O–H groups in total. The first-order valence-electron chi connectivity index (χ1n) is 6.63. The molecule has 0 spiro atoms. The van der Waals surface area contributed by atoms with Crippen LogP contribution in [0.5, 0.6) is 5.75 Å². The van der Waals surface area contributed by atoms with E-state index in [0.717, 1.165) is 35.4 Å². The number of methoxy groups -OCH3 is 1. The maximum Gasteiger partial charge on any atom is 0.128 e. The van der Waals surface area contributed by atoms with Crippen molar-refractivity contribution in [3.8, 4) is 5.75 Å². The van der Waals surface area contributed by atoms with Crippen molar-refractivity contribution >= 4 is 5.71 Å². The van der Waals surface area contributed by atoms with E-state index in [9.17, 15) is 5.21 Å². The largest absolute Gasteiger partial charge is 0.496 e. The Morgan fingerprint density at radius 2 is 2.00 bits per heavy atom. The van der Waals surface area contributed by atoms with Gasteiger partial charge in [0.2, 0.25) is 0 Å². The van der Waals surface area contributed by atoms with Gasteiger partial charge in [-0.1, -0.05) is 36.0 Å². The lowest BCUT2D eigenvalue weighted by atomic mass is 9.83. The normalized spacial score (nSPS) is 17.8. The van der Waals surface area contributed by atoms with E-state index in [1.54, 1.807) is 7.11 Å². The minimum atomic E-state index is 0.361. The van der Waals surface area contributed by atoms with Gasteiger partial charge in [0.15, 0.2) is 0 Å². The first kappa shape index (κ1) is 12.9. The van der Waals surface area contributed by atoms with Crippen LogP contribution in [0.25, 0.3) is 0 Å². The van der Waals surface area contributed by atoms with E-state index in [2.05, 4.69) is 5.16 Å². The first-order chi connectivity index (χ1) is 8.76. The van der Waals surface area contributed by atoms with Crippen LogP contribution >= 0.6 is 0 Å². The summed E-state index contributed by atoms with van der Waals surface area (Å²) in [5.41, 5.74) is 2.88. The van der Waals surface area contributed by atoms with Crippen LogP contribution < -0.4 is 4.74 Å². The smallest absolute Gasteiger partial charge is 0.128 e. The molecule has 0 bridgehead atoms. The SMILES string of the molecule is COc1ccc(C)cc1C(=NO)C1CCCCC1. The molecule has 2 rings (SSSR count). The van der Waals surface area contributed by atoms with Gasteiger partial charge in [0, 0.05) is 11.5 Å². The maximum absolute atomic E-state index is 9.37. The van der Waals surface area contributed by atoms with Crippen molar-refractivity contribution < 1.29 is 9.94 Å². The van der Waals surface area contributed by atoms with Gasteiger partial charge < -0.3 is 9.94 Å². The molecule has 0 radical (unpaired) electrons. The van der Waals surface area contributed by atoms with Crippen molar-refractivity contribution in [2.24, 2.45) is 11.1 Å². The van der Waals surface area contributed by atoms with Gasteiger partial charge >= 0.3 is 0 Å². The molecule has 1 saturated carbocycles. The number of oxime groups is 1. The molecule has 18 heavy (non-hydrogen) atoms. The summed E-state index contributed by atoms with van der Waals surface area (Å²) in [6.45, 7) is 2.04. The zero-order chi connectivity index (χ0) is 13.0. The topological polar surface area (TPSA) is 41.8 Å². The molecule has 0 saturated heterocycles. The van der Waals surface area contributed by atoms with Crippen LogP contribution in [0.3, 0.4) is 0 Å². The van der Waals surface area contributed by atoms with Crippen molar-refractivity contribution in [2.75, 3.05) is 7.11 Å². The van der Waals surface area contributed by atoms with Gasteiger partial charge in [-0.15, -0.1) is 0 Å². The third-order valence-corrected chi connectivity index (χ3v) is 3.73. The second kappa shape index (κ2) is 5.89. The lowest BCUT2D eigenvalue weighted by molar-refractivity contribution is 0.310. The van der Waals surface area contributed by atoms with Crippen LogP contribution in [0.1, 0.15) is 43.2 Å². The van der Waals surface area contributed by atoms with Crippen LogP contribution in [0.4, 0.5) is 0 Å². The third kappa shape index (κ3) is 2.66. The van der Waals surface area contributed by atoms with E-state index >= 15 is 0 Å². The highest BCUT2D eigenvalue weighted by Crippen LogP contribution is 2.31. The summed E-state index contributed by atoms with van der Waals surface area (Å²) in [5, 5.41) is 12.9. The highest BCUT2D eigenvalue weighted by atomic mass is 16.5. The number of hydrogen-bond acceptors (Lipinski definition) is 3. The minimum Gasteiger partial charge on any atom is -0.496 e. The molecule has 0 aliphatic heterocycles. The van der Waals surface area contributed by atoms with Crippen LogP contribution in [-0.2, 0) is 0 Å². The van der Waals surface area contributed by atoms with Gasteiger partial charge in [-0.3, -0.25) is 0 Å². The summed E-state index contributed by atoms with van der Waals surface area (Å²) in [4.78, 5) is 0. The second-order valence-corrected chi connectivity index (χ2v) is 5.02. The molecular formula is C15H21NO2. The van der Waals surface area contributed by atoms with Crippen molar-refractivity contribution in [2.45, 2.75) is 39.0 Å². The van der Waals surface area contributed by atoms with Crippen molar-refractivity contribution in [1.82, 2.24) is 0 Å². The predicted molar refractivity (Wildman–Crippen MR) is 72.6 cm³/mol. The Morgan fingerprint density at radius 3 is 2.61 bits per heavy atom. The van der Waals surface area contributed by atoms with Gasteiger partial charge in [0.1, 0.15) is 5.75 Å². The van der Waals surface area contributed by atoms with E-state index < -0.39 is 0 Å². The fraction of sp³-hybridized carbons (Fsp3) is 0.533. The van der Waals surface area contributed by atoms with Gasteiger partial charge in [-0.2, -0.15) is 0 Å². The molecule has 1 aliphatic rings. The Morgan fingerprint density at radius 1 is 1.28 bits per heavy atom. The zero-order valence-electron chi connectivity index (χ0n) is 11.1. The zero-order valence-corrected chi connectivity index (χ0v) is 11.1. The fourth-order valence-corrected chi connectivity index (χ4v) is 2.75. The number of aryl methyl sites for hydroxylation is 1. The van der Waals surface area contributed by atoms with Crippen LogP contribution in [0, 0.1) is 12.8 Å². The molecule has 98 valence electrons. The van der Waals surface area contributed by atoms with Gasteiger partial charge in [-0.25, -0.2) is 0 Å². The van der Waals surface area contributed by atoms with Crippen molar-refractivity contribution in [1.29, 1.82) is 0 Å². The van der Waals surface area contributed by atoms with Gasteiger partial charge in [-0.05, 0) is 31.9 Å². The molecule has 1 aliphatic carbocycles. The van der Waals surface area contributed by atoms with E-state index in [0.29, 0.717) is 5.92 Å². The Balaban J connectivity index is 2.34. The standard InChI is InChI=1S/C15H21NO2/c1-11-8-9-14(18-2)13(10-11)15(16-17)12-6-4-3-5-7-12/h8-10,12,17H,3-7H2,1-2H3. The minimum absolute atomic E-state index is 0.361. The summed E-state index contributed by atoms with van der Waals surface area (Å²) in [7, 11) is 1.66. The number of rotatable bonds is 3. The summed E-state index contributed by atoms with van der Waals surface area (Å²) in [6, 6.07) is 6.00. The Hall–Kier alpha value is -1.51. The molecule has 3 nitrogen and oxygen atoms in total. The summed E-state index contributed by atoms with van der Waals surface area (Å²) in [6.07, 6.45) is 5.95. The number of benzene rings is 1. The first-order valence-corrected chi connectivity index (χ1v) is 6.63. The highest BCUT2D eigenvalue weighted by molar-refractivity contribution is 6.04. The number of nitrogens with zero attached hydrogens (tertiary/aromatic N) is 1. The average molecular weight is 247 g/mol. The molecule has 3 heteroatoms. The van der Waals surface area contributed by atoms with Crippen LogP contribution in [0.15, 0.2) is 23.4 Å². The Bertz CT molecular complexity index is 434. The van der Waals surface area contributed by atoms with Gasteiger partial charge in [0.25, 0.3) is 0 Å². The molecular weight excluding hydrogens is 226 g/mol. The summed E-state index contributed by atoms with van der Waals surface area (Å²) >= 11 is 0. The quantitative estimate of drug-likeness (QED) is 0.502. The van der Waals surface area contributed by atoms with E-state index in [-0.39, 0.29) is 0 Å². The van der Waals surface area contributed by atoms with Crippen molar-refractivity contribution in [3.05, 3.63) is 29.3 Å².